The highest BCUT2D eigenvalue weighted by atomic mass is 16.6. The molecule has 0 bridgehead atoms. The van der Waals surface area contributed by atoms with Crippen LogP contribution < -0.4 is 5.32 Å². The summed E-state index contributed by atoms with van der Waals surface area (Å²) in [6.45, 7) is 5.69. The van der Waals surface area contributed by atoms with Crippen molar-refractivity contribution in [1.29, 1.82) is 0 Å². The van der Waals surface area contributed by atoms with E-state index in [0.717, 1.165) is 0 Å². The third-order valence-corrected chi connectivity index (χ3v) is 2.27. The van der Waals surface area contributed by atoms with Gasteiger partial charge in [0.05, 0.1) is 0 Å². The molecule has 0 aromatic heterocycles. The van der Waals surface area contributed by atoms with Crippen LogP contribution in [0.25, 0.3) is 0 Å². The molecule has 1 aliphatic rings. The largest absolute Gasteiger partial charge is 0.479 e. The van der Waals surface area contributed by atoms with Crippen LogP contribution in [0, 0.1) is 0 Å². The minimum atomic E-state index is -1.53. The zero-order chi connectivity index (χ0) is 11.7. The molecule has 0 aromatic rings. The van der Waals surface area contributed by atoms with Crippen molar-refractivity contribution in [2.45, 2.75) is 44.8 Å². The number of rotatable bonds is 2. The average Bonchev–Trinajstić information content (AvgIpc) is 2.48. The number of hydrogen-bond acceptors (Lipinski definition) is 4. The molecule has 1 aliphatic heterocycles. The van der Waals surface area contributed by atoms with Crippen molar-refractivity contribution >= 4 is 11.9 Å². The molecule has 0 saturated carbocycles. The molecule has 0 radical (unpaired) electrons. The lowest BCUT2D eigenvalue weighted by Gasteiger charge is -2.27. The lowest BCUT2D eigenvalue weighted by molar-refractivity contribution is -0.170. The van der Waals surface area contributed by atoms with Crippen molar-refractivity contribution in [3.8, 4) is 0 Å². The maximum absolute atomic E-state index is 11.8. The first-order valence-electron chi connectivity index (χ1n) is 5.00. The number of carboxylic acid groups (broad SMARTS) is 1. The van der Waals surface area contributed by atoms with Crippen molar-refractivity contribution in [2.75, 3.05) is 6.54 Å². The molecule has 1 rings (SSSR count). The van der Waals surface area contributed by atoms with Gasteiger partial charge in [-0.25, -0.2) is 9.59 Å². The number of carbonyl (C=O) groups is 2. The average molecular weight is 215 g/mol. The van der Waals surface area contributed by atoms with Gasteiger partial charge in [-0.1, -0.05) is 0 Å². The molecule has 2 N–H and O–H groups in total. The van der Waals surface area contributed by atoms with Gasteiger partial charge >= 0.3 is 11.9 Å². The summed E-state index contributed by atoms with van der Waals surface area (Å²) >= 11 is 0. The highest BCUT2D eigenvalue weighted by Crippen LogP contribution is 2.23. The molecule has 1 fully saturated rings. The van der Waals surface area contributed by atoms with Gasteiger partial charge in [0.15, 0.2) is 0 Å². The SMILES string of the molecule is CC(C)(C)OC(=O)[C@@]1(C(=O)O)CCCN1. The highest BCUT2D eigenvalue weighted by Gasteiger charge is 2.50. The Bertz CT molecular complexity index is 274. The fraction of sp³-hybridized carbons (Fsp3) is 0.800. The highest BCUT2D eigenvalue weighted by molar-refractivity contribution is 6.04. The summed E-state index contributed by atoms with van der Waals surface area (Å²) in [5.41, 5.74) is -2.20. The van der Waals surface area contributed by atoms with E-state index in [2.05, 4.69) is 5.32 Å². The Labute approximate surface area is 88.8 Å². The summed E-state index contributed by atoms with van der Waals surface area (Å²) in [5, 5.41) is 11.8. The molecule has 0 amide bonds. The first kappa shape index (κ1) is 12.0. The number of carboxylic acids is 1. The molecule has 0 unspecified atom stereocenters. The molecule has 0 aromatic carbocycles. The number of aliphatic carboxylic acids is 1. The van der Waals surface area contributed by atoms with Crippen LogP contribution in [0.3, 0.4) is 0 Å². The first-order chi connectivity index (χ1) is 6.78. The number of carbonyl (C=O) groups excluding carboxylic acids is 1. The van der Waals surface area contributed by atoms with E-state index in [9.17, 15) is 9.59 Å². The Balaban J connectivity index is 2.82. The Kier molecular flexibility index (Phi) is 3.04. The number of hydrogen-bond donors (Lipinski definition) is 2. The molecule has 5 nitrogen and oxygen atoms in total. The molecule has 86 valence electrons. The van der Waals surface area contributed by atoms with Crippen LogP contribution in [-0.4, -0.2) is 34.7 Å². The third-order valence-electron chi connectivity index (χ3n) is 2.27. The van der Waals surface area contributed by atoms with Gasteiger partial charge in [0.2, 0.25) is 5.54 Å². The molecule has 0 spiro atoms. The van der Waals surface area contributed by atoms with E-state index in [1.54, 1.807) is 20.8 Å². The summed E-state index contributed by atoms with van der Waals surface area (Å²) in [6, 6.07) is 0. The normalized spacial score (nSPS) is 26.3. The summed E-state index contributed by atoms with van der Waals surface area (Å²) in [6.07, 6.45) is 0.961. The minimum absolute atomic E-state index is 0.289. The van der Waals surface area contributed by atoms with Crippen molar-refractivity contribution < 1.29 is 19.4 Å². The van der Waals surface area contributed by atoms with Gasteiger partial charge in [0, 0.05) is 0 Å². The third kappa shape index (κ3) is 2.47. The maximum Gasteiger partial charge on any atom is 0.338 e. The monoisotopic (exact) mass is 215 g/mol. The second kappa shape index (κ2) is 3.81. The van der Waals surface area contributed by atoms with Gasteiger partial charge in [0.25, 0.3) is 0 Å². The summed E-state index contributed by atoms with van der Waals surface area (Å²) in [4.78, 5) is 22.8. The van der Waals surface area contributed by atoms with Gasteiger partial charge in [0.1, 0.15) is 5.60 Å². The van der Waals surface area contributed by atoms with Crippen LogP contribution in [0.2, 0.25) is 0 Å². The Morgan fingerprint density at radius 1 is 1.40 bits per heavy atom. The molecule has 15 heavy (non-hydrogen) atoms. The van der Waals surface area contributed by atoms with E-state index in [1.807, 2.05) is 0 Å². The molecule has 5 heteroatoms. The topological polar surface area (TPSA) is 75.6 Å². The second-order valence-corrected chi connectivity index (χ2v) is 4.74. The van der Waals surface area contributed by atoms with Crippen LogP contribution in [-0.2, 0) is 14.3 Å². The van der Waals surface area contributed by atoms with E-state index >= 15 is 0 Å². The molecule has 1 heterocycles. The quantitative estimate of drug-likeness (QED) is 0.519. The van der Waals surface area contributed by atoms with Crippen LogP contribution in [0.5, 0.6) is 0 Å². The minimum Gasteiger partial charge on any atom is -0.479 e. The van der Waals surface area contributed by atoms with Gasteiger partial charge < -0.3 is 9.84 Å². The van der Waals surface area contributed by atoms with Crippen LogP contribution >= 0.6 is 0 Å². The molecular weight excluding hydrogens is 198 g/mol. The Hall–Kier alpha value is -1.10. The summed E-state index contributed by atoms with van der Waals surface area (Å²) in [5.74, 6) is -1.85. The predicted octanol–water partition coefficient (Wildman–Crippen LogP) is 0.535. The molecule has 1 saturated heterocycles. The molecular formula is C10H17NO4. The van der Waals surface area contributed by atoms with E-state index in [1.165, 1.54) is 0 Å². The van der Waals surface area contributed by atoms with Crippen molar-refractivity contribution in [3.63, 3.8) is 0 Å². The molecule has 0 aliphatic carbocycles. The first-order valence-corrected chi connectivity index (χ1v) is 5.00. The smallest absolute Gasteiger partial charge is 0.338 e. The number of ether oxygens (including phenoxy) is 1. The van der Waals surface area contributed by atoms with Crippen molar-refractivity contribution in [3.05, 3.63) is 0 Å². The van der Waals surface area contributed by atoms with Crippen LogP contribution in [0.15, 0.2) is 0 Å². The Morgan fingerprint density at radius 3 is 2.33 bits per heavy atom. The van der Waals surface area contributed by atoms with Crippen LogP contribution in [0.4, 0.5) is 0 Å². The zero-order valence-corrected chi connectivity index (χ0v) is 9.29. The second-order valence-electron chi connectivity index (χ2n) is 4.74. The van der Waals surface area contributed by atoms with Gasteiger partial charge in [-0.15, -0.1) is 0 Å². The van der Waals surface area contributed by atoms with E-state index in [0.29, 0.717) is 13.0 Å². The Morgan fingerprint density at radius 2 is 2.00 bits per heavy atom. The molecule has 1 atom stereocenters. The van der Waals surface area contributed by atoms with E-state index in [-0.39, 0.29) is 6.42 Å². The van der Waals surface area contributed by atoms with Gasteiger partial charge in [-0.3, -0.25) is 5.32 Å². The van der Waals surface area contributed by atoms with Crippen LogP contribution in [0.1, 0.15) is 33.6 Å². The van der Waals surface area contributed by atoms with Crippen molar-refractivity contribution in [1.82, 2.24) is 5.32 Å². The van der Waals surface area contributed by atoms with E-state index < -0.39 is 23.1 Å². The fourth-order valence-electron chi connectivity index (χ4n) is 1.55. The summed E-state index contributed by atoms with van der Waals surface area (Å²) in [7, 11) is 0. The lowest BCUT2D eigenvalue weighted by atomic mass is 9.97. The standard InChI is InChI=1S/C10H17NO4/c1-9(2,3)15-8(14)10(7(12)13)5-4-6-11-10/h11H,4-6H2,1-3H3,(H,12,13)/t10-/m0/s1. The maximum atomic E-state index is 11.8. The summed E-state index contributed by atoms with van der Waals surface area (Å²) < 4.78 is 5.10. The number of esters is 1. The predicted molar refractivity (Wildman–Crippen MR) is 53.4 cm³/mol. The van der Waals surface area contributed by atoms with Gasteiger partial charge in [-0.2, -0.15) is 0 Å². The fourth-order valence-corrected chi connectivity index (χ4v) is 1.55. The van der Waals surface area contributed by atoms with Crippen molar-refractivity contribution in [2.24, 2.45) is 0 Å². The number of nitrogens with one attached hydrogen (secondary N) is 1. The van der Waals surface area contributed by atoms with E-state index in [4.69, 9.17) is 9.84 Å². The lowest BCUT2D eigenvalue weighted by Crippen LogP contribution is -2.56. The van der Waals surface area contributed by atoms with Gasteiger partial charge in [-0.05, 0) is 40.2 Å². The zero-order valence-electron chi connectivity index (χ0n) is 9.29.